The highest BCUT2D eigenvalue weighted by Gasteiger charge is 2.35. The van der Waals surface area contributed by atoms with Gasteiger partial charge in [0.2, 0.25) is 0 Å². The summed E-state index contributed by atoms with van der Waals surface area (Å²) in [5, 5.41) is 3.61. The van der Waals surface area contributed by atoms with Gasteiger partial charge in [0.15, 0.2) is 0 Å². The normalized spacial score (nSPS) is 25.5. The van der Waals surface area contributed by atoms with Gasteiger partial charge in [-0.05, 0) is 58.2 Å². The molecule has 0 spiro atoms. The van der Waals surface area contributed by atoms with Crippen molar-refractivity contribution in [3.05, 3.63) is 0 Å². The maximum atomic E-state index is 3.61. The van der Waals surface area contributed by atoms with Crippen LogP contribution in [0.15, 0.2) is 0 Å². The summed E-state index contributed by atoms with van der Waals surface area (Å²) in [6.45, 7) is 15.1. The van der Waals surface area contributed by atoms with E-state index in [-0.39, 0.29) is 0 Å². The molecule has 16 heavy (non-hydrogen) atoms. The first kappa shape index (κ1) is 14.0. The second-order valence-corrected chi connectivity index (χ2v) is 5.88. The van der Waals surface area contributed by atoms with E-state index in [1.165, 1.54) is 25.9 Å². The van der Waals surface area contributed by atoms with Crippen LogP contribution in [0.25, 0.3) is 0 Å². The highest BCUT2D eigenvalue weighted by molar-refractivity contribution is 4.90. The Hall–Kier alpha value is -0.0800. The standard InChI is InChI=1S/C14H30N2/c1-6-16(12(4)5)14-8-7-13(14)10-15-9-11(2)3/h11-15H,6-10H2,1-5H3. The summed E-state index contributed by atoms with van der Waals surface area (Å²) in [7, 11) is 0. The predicted octanol–water partition coefficient (Wildman–Crippen LogP) is 2.74. The molecule has 2 nitrogen and oxygen atoms in total. The van der Waals surface area contributed by atoms with Gasteiger partial charge in [-0.1, -0.05) is 20.8 Å². The molecule has 1 saturated carbocycles. The van der Waals surface area contributed by atoms with Gasteiger partial charge in [-0.3, -0.25) is 4.90 Å². The first-order valence-corrected chi connectivity index (χ1v) is 7.02. The molecule has 0 bridgehead atoms. The van der Waals surface area contributed by atoms with Gasteiger partial charge in [0.25, 0.3) is 0 Å². The number of hydrogen-bond acceptors (Lipinski definition) is 2. The average molecular weight is 226 g/mol. The summed E-state index contributed by atoms with van der Waals surface area (Å²) >= 11 is 0. The molecule has 1 aliphatic rings. The van der Waals surface area contributed by atoms with E-state index >= 15 is 0 Å². The van der Waals surface area contributed by atoms with Crippen molar-refractivity contribution in [2.45, 2.75) is 59.5 Å². The van der Waals surface area contributed by atoms with Crippen molar-refractivity contribution in [2.24, 2.45) is 11.8 Å². The van der Waals surface area contributed by atoms with Crippen molar-refractivity contribution in [3.63, 3.8) is 0 Å². The van der Waals surface area contributed by atoms with E-state index in [0.29, 0.717) is 6.04 Å². The molecule has 0 radical (unpaired) electrons. The Morgan fingerprint density at radius 2 is 1.88 bits per heavy atom. The Kier molecular flexibility index (Phi) is 5.77. The summed E-state index contributed by atoms with van der Waals surface area (Å²) in [4.78, 5) is 2.66. The van der Waals surface area contributed by atoms with Gasteiger partial charge in [-0.2, -0.15) is 0 Å². The Labute approximate surface area is 102 Å². The zero-order chi connectivity index (χ0) is 12.1. The third-order valence-corrected chi connectivity index (χ3v) is 3.79. The van der Waals surface area contributed by atoms with E-state index in [1.807, 2.05) is 0 Å². The van der Waals surface area contributed by atoms with Crippen LogP contribution in [0.3, 0.4) is 0 Å². The molecule has 1 fully saturated rings. The van der Waals surface area contributed by atoms with Crippen molar-refractivity contribution in [1.29, 1.82) is 0 Å². The van der Waals surface area contributed by atoms with E-state index in [4.69, 9.17) is 0 Å². The molecule has 2 unspecified atom stereocenters. The molecule has 0 aromatic rings. The van der Waals surface area contributed by atoms with Crippen LogP contribution in [0.2, 0.25) is 0 Å². The fraction of sp³-hybridized carbons (Fsp3) is 1.00. The lowest BCUT2D eigenvalue weighted by atomic mass is 9.78. The molecule has 1 aliphatic carbocycles. The minimum Gasteiger partial charge on any atom is -0.316 e. The van der Waals surface area contributed by atoms with Crippen molar-refractivity contribution in [1.82, 2.24) is 10.2 Å². The van der Waals surface area contributed by atoms with Crippen LogP contribution in [-0.4, -0.2) is 36.6 Å². The van der Waals surface area contributed by atoms with E-state index in [0.717, 1.165) is 24.4 Å². The van der Waals surface area contributed by atoms with Crippen LogP contribution in [-0.2, 0) is 0 Å². The molecule has 0 aliphatic heterocycles. The van der Waals surface area contributed by atoms with Crippen molar-refractivity contribution >= 4 is 0 Å². The van der Waals surface area contributed by atoms with E-state index in [9.17, 15) is 0 Å². The topological polar surface area (TPSA) is 15.3 Å². The highest BCUT2D eigenvalue weighted by Crippen LogP contribution is 2.32. The number of nitrogens with zero attached hydrogens (tertiary/aromatic N) is 1. The first-order chi connectivity index (χ1) is 7.56. The first-order valence-electron chi connectivity index (χ1n) is 7.02. The van der Waals surface area contributed by atoms with Crippen LogP contribution in [0, 0.1) is 11.8 Å². The summed E-state index contributed by atoms with van der Waals surface area (Å²) in [5.74, 6) is 1.66. The second-order valence-electron chi connectivity index (χ2n) is 5.88. The van der Waals surface area contributed by atoms with Gasteiger partial charge in [-0.25, -0.2) is 0 Å². The zero-order valence-corrected chi connectivity index (χ0v) is 11.8. The molecular formula is C14H30N2. The maximum Gasteiger partial charge on any atom is 0.0138 e. The molecule has 0 heterocycles. The van der Waals surface area contributed by atoms with Crippen LogP contribution in [0.1, 0.15) is 47.5 Å². The lowest BCUT2D eigenvalue weighted by Gasteiger charge is -2.46. The maximum absolute atomic E-state index is 3.61. The fourth-order valence-corrected chi connectivity index (χ4v) is 2.77. The highest BCUT2D eigenvalue weighted by atomic mass is 15.2. The van der Waals surface area contributed by atoms with Crippen LogP contribution < -0.4 is 5.32 Å². The van der Waals surface area contributed by atoms with Crippen LogP contribution in [0.5, 0.6) is 0 Å². The second kappa shape index (κ2) is 6.61. The molecule has 0 aromatic heterocycles. The molecule has 96 valence electrons. The quantitative estimate of drug-likeness (QED) is 0.718. The minimum atomic E-state index is 0.697. The Bertz CT molecular complexity index is 189. The van der Waals surface area contributed by atoms with Crippen molar-refractivity contribution in [3.8, 4) is 0 Å². The summed E-state index contributed by atoms with van der Waals surface area (Å²) in [6, 6.07) is 1.53. The molecule has 0 amide bonds. The lowest BCUT2D eigenvalue weighted by molar-refractivity contribution is 0.0422. The zero-order valence-electron chi connectivity index (χ0n) is 11.8. The Morgan fingerprint density at radius 1 is 1.19 bits per heavy atom. The monoisotopic (exact) mass is 226 g/mol. The summed E-state index contributed by atoms with van der Waals surface area (Å²) in [6.07, 6.45) is 2.82. The van der Waals surface area contributed by atoms with Crippen LogP contribution >= 0.6 is 0 Å². The SMILES string of the molecule is CCN(C(C)C)C1CCC1CNCC(C)C. The van der Waals surface area contributed by atoms with Gasteiger partial charge in [-0.15, -0.1) is 0 Å². The number of hydrogen-bond donors (Lipinski definition) is 1. The largest absolute Gasteiger partial charge is 0.316 e. The molecule has 0 aromatic carbocycles. The van der Waals surface area contributed by atoms with E-state index in [2.05, 4.69) is 44.8 Å². The molecule has 2 heteroatoms. The molecule has 2 atom stereocenters. The summed E-state index contributed by atoms with van der Waals surface area (Å²) in [5.41, 5.74) is 0. The molecule has 0 saturated heterocycles. The summed E-state index contributed by atoms with van der Waals surface area (Å²) < 4.78 is 0. The van der Waals surface area contributed by atoms with Crippen LogP contribution in [0.4, 0.5) is 0 Å². The van der Waals surface area contributed by atoms with Gasteiger partial charge in [0.1, 0.15) is 0 Å². The Morgan fingerprint density at radius 3 is 2.25 bits per heavy atom. The van der Waals surface area contributed by atoms with Gasteiger partial charge >= 0.3 is 0 Å². The molecule has 1 N–H and O–H groups in total. The van der Waals surface area contributed by atoms with Crippen molar-refractivity contribution < 1.29 is 0 Å². The number of rotatable bonds is 7. The van der Waals surface area contributed by atoms with Crippen molar-refractivity contribution in [2.75, 3.05) is 19.6 Å². The minimum absolute atomic E-state index is 0.697. The lowest BCUT2D eigenvalue weighted by Crippen LogP contribution is -2.53. The molecule has 1 rings (SSSR count). The van der Waals surface area contributed by atoms with Gasteiger partial charge < -0.3 is 5.32 Å². The van der Waals surface area contributed by atoms with E-state index in [1.54, 1.807) is 0 Å². The smallest absolute Gasteiger partial charge is 0.0138 e. The Balaban J connectivity index is 2.28. The molecular weight excluding hydrogens is 196 g/mol. The third-order valence-electron chi connectivity index (χ3n) is 3.79. The van der Waals surface area contributed by atoms with Gasteiger partial charge in [0, 0.05) is 12.1 Å². The van der Waals surface area contributed by atoms with E-state index < -0.39 is 0 Å². The average Bonchev–Trinajstić information content (AvgIpc) is 2.17. The van der Waals surface area contributed by atoms with Gasteiger partial charge in [0.05, 0.1) is 0 Å². The third kappa shape index (κ3) is 3.74. The predicted molar refractivity (Wildman–Crippen MR) is 71.7 cm³/mol. The number of nitrogens with one attached hydrogen (secondary N) is 1. The fourth-order valence-electron chi connectivity index (χ4n) is 2.77.